The first kappa shape index (κ1) is 13.8. The van der Waals surface area contributed by atoms with Gasteiger partial charge in [-0.3, -0.25) is 4.79 Å². The van der Waals surface area contributed by atoms with Crippen molar-refractivity contribution in [1.29, 1.82) is 0 Å². The van der Waals surface area contributed by atoms with Crippen LogP contribution in [0, 0.1) is 5.82 Å². The largest absolute Gasteiger partial charge is 0.573 e. The summed E-state index contributed by atoms with van der Waals surface area (Å²) >= 11 is 0. The Morgan fingerprint density at radius 2 is 1.88 bits per heavy atom. The fourth-order valence-corrected chi connectivity index (χ4v) is 1.90. The van der Waals surface area contributed by atoms with E-state index in [1.165, 1.54) is 0 Å². The smallest absolute Gasteiger partial charge is 0.401 e. The van der Waals surface area contributed by atoms with E-state index in [1.54, 1.807) is 4.98 Å². The molecule has 0 aliphatic carbocycles. The van der Waals surface area contributed by atoms with E-state index in [0.29, 0.717) is 0 Å². The highest BCUT2D eigenvalue weighted by Crippen LogP contribution is 2.27. The molecular weight excluding hydrogens is 294 g/mol. The van der Waals surface area contributed by atoms with E-state index in [0.717, 1.165) is 0 Å². The van der Waals surface area contributed by atoms with Gasteiger partial charge in [-0.1, -0.05) is 0 Å². The number of rotatable bonds is 2. The third-order valence-corrected chi connectivity index (χ3v) is 2.74. The molecule has 0 spiro atoms. The lowest BCUT2D eigenvalue weighted by Crippen LogP contribution is -2.22. The molecule has 1 rings (SSSR count). The Hall–Kier alpha value is -1.29. The van der Waals surface area contributed by atoms with Crippen LogP contribution in [0.3, 0.4) is 0 Å². The number of alkyl halides is 3. The van der Waals surface area contributed by atoms with Gasteiger partial charge in [0.2, 0.25) is 0 Å². The summed E-state index contributed by atoms with van der Waals surface area (Å²) < 4.78 is 73.3. The number of hydrogen-bond acceptors (Lipinski definition) is 4. The highest BCUT2D eigenvalue weighted by Gasteiger charge is 2.34. The molecule has 96 valence electrons. The quantitative estimate of drug-likeness (QED) is 0.660. The van der Waals surface area contributed by atoms with Crippen molar-refractivity contribution in [2.75, 3.05) is 0 Å². The summed E-state index contributed by atoms with van der Waals surface area (Å²) in [6, 6.07) is 0. The first-order chi connectivity index (χ1) is 7.52. The van der Waals surface area contributed by atoms with Gasteiger partial charge in [0.15, 0.2) is 16.5 Å². The van der Waals surface area contributed by atoms with Crippen LogP contribution in [-0.2, 0) is 9.05 Å². The molecule has 0 amide bonds. The van der Waals surface area contributed by atoms with Gasteiger partial charge in [0.1, 0.15) is 0 Å². The summed E-state index contributed by atoms with van der Waals surface area (Å²) in [5.41, 5.74) is -1.49. The normalized spacial score (nSPS) is 12.5. The standard InChI is InChI=1S/C6H2ClF4NO4S/c7-17(14,15)4-3(8)2(1-12-5(4)13)16-6(9,10)11/h1H,(H,12,13). The fraction of sp³-hybridized carbons (Fsp3) is 0.167. The molecule has 1 N–H and O–H groups in total. The van der Waals surface area contributed by atoms with Gasteiger partial charge in [0.05, 0.1) is 0 Å². The van der Waals surface area contributed by atoms with E-state index >= 15 is 0 Å². The average Bonchev–Trinajstić information content (AvgIpc) is 2.06. The van der Waals surface area contributed by atoms with Gasteiger partial charge in [-0.2, -0.15) is 0 Å². The van der Waals surface area contributed by atoms with Crippen LogP contribution >= 0.6 is 10.7 Å². The molecule has 1 aromatic heterocycles. The molecule has 0 unspecified atom stereocenters. The fourth-order valence-electron chi connectivity index (χ4n) is 0.888. The third kappa shape index (κ3) is 3.33. The van der Waals surface area contributed by atoms with Gasteiger partial charge in [-0.25, -0.2) is 12.8 Å². The van der Waals surface area contributed by atoms with E-state index in [1.807, 2.05) is 0 Å². The van der Waals surface area contributed by atoms with Crippen molar-refractivity contribution in [3.63, 3.8) is 0 Å². The molecule has 0 radical (unpaired) electrons. The number of aromatic nitrogens is 1. The second-order valence-corrected chi connectivity index (χ2v) is 5.11. The lowest BCUT2D eigenvalue weighted by atomic mass is 10.4. The number of halogens is 5. The minimum absolute atomic E-state index is 0.233. The van der Waals surface area contributed by atoms with Crippen molar-refractivity contribution < 1.29 is 30.7 Å². The van der Waals surface area contributed by atoms with Crippen molar-refractivity contribution >= 4 is 19.7 Å². The Bertz CT molecular complexity index is 593. The maximum absolute atomic E-state index is 13.3. The van der Waals surface area contributed by atoms with Crippen molar-refractivity contribution in [3.05, 3.63) is 22.4 Å². The second-order valence-electron chi connectivity index (χ2n) is 2.61. The minimum atomic E-state index is -5.24. The molecule has 0 aromatic carbocycles. The zero-order chi connectivity index (χ0) is 13.4. The van der Waals surface area contributed by atoms with Crippen LogP contribution in [0.4, 0.5) is 17.6 Å². The summed E-state index contributed by atoms with van der Waals surface area (Å²) in [5, 5.41) is 0. The van der Waals surface area contributed by atoms with Crippen LogP contribution < -0.4 is 10.3 Å². The zero-order valence-corrected chi connectivity index (χ0v) is 9.08. The van der Waals surface area contributed by atoms with E-state index < -0.39 is 37.4 Å². The van der Waals surface area contributed by atoms with Gasteiger partial charge in [0, 0.05) is 16.9 Å². The number of nitrogens with one attached hydrogen (secondary N) is 1. The molecule has 1 aromatic rings. The van der Waals surface area contributed by atoms with Crippen LogP contribution in [-0.4, -0.2) is 19.8 Å². The van der Waals surface area contributed by atoms with Gasteiger partial charge >= 0.3 is 6.36 Å². The summed E-state index contributed by atoms with van der Waals surface area (Å²) in [6.07, 6.45) is -5.01. The Labute approximate surface area is 95.4 Å². The molecule has 0 bridgehead atoms. The Morgan fingerprint density at radius 1 is 1.35 bits per heavy atom. The summed E-state index contributed by atoms with van der Waals surface area (Å²) in [7, 11) is -0.148. The number of aromatic amines is 1. The lowest BCUT2D eigenvalue weighted by molar-refractivity contribution is -0.275. The van der Waals surface area contributed by atoms with Gasteiger partial charge in [0.25, 0.3) is 14.6 Å². The lowest BCUT2D eigenvalue weighted by Gasteiger charge is -2.09. The third-order valence-electron chi connectivity index (χ3n) is 1.43. The molecule has 17 heavy (non-hydrogen) atoms. The number of H-pyrrole nitrogens is 1. The number of hydrogen-bond donors (Lipinski definition) is 1. The maximum atomic E-state index is 13.3. The topological polar surface area (TPSA) is 76.2 Å². The molecule has 11 heteroatoms. The Morgan fingerprint density at radius 3 is 2.29 bits per heavy atom. The number of pyridine rings is 1. The van der Waals surface area contributed by atoms with E-state index in [4.69, 9.17) is 0 Å². The van der Waals surface area contributed by atoms with Crippen molar-refractivity contribution in [3.8, 4) is 5.75 Å². The van der Waals surface area contributed by atoms with Crippen molar-refractivity contribution in [1.82, 2.24) is 4.98 Å². The predicted octanol–water partition coefficient (Wildman–Crippen LogP) is 1.34. The highest BCUT2D eigenvalue weighted by molar-refractivity contribution is 8.13. The van der Waals surface area contributed by atoms with Crippen LogP contribution in [0.1, 0.15) is 0 Å². The number of ether oxygens (including phenoxy) is 1. The zero-order valence-electron chi connectivity index (χ0n) is 7.51. The molecule has 0 atom stereocenters. The molecule has 0 aliphatic rings. The van der Waals surface area contributed by atoms with Gasteiger partial charge in [-0.15, -0.1) is 13.2 Å². The second kappa shape index (κ2) is 4.18. The molecule has 1 heterocycles. The molecular formula is C6H2ClF4NO4S. The molecule has 5 nitrogen and oxygen atoms in total. The van der Waals surface area contributed by atoms with Crippen LogP contribution in [0.5, 0.6) is 5.75 Å². The predicted molar refractivity (Wildman–Crippen MR) is 46.7 cm³/mol. The Balaban J connectivity index is 3.46. The SMILES string of the molecule is O=c1[nH]cc(OC(F)(F)F)c(F)c1S(=O)(=O)Cl. The monoisotopic (exact) mass is 295 g/mol. The molecule has 0 saturated carbocycles. The first-order valence-electron chi connectivity index (χ1n) is 3.64. The van der Waals surface area contributed by atoms with Gasteiger partial charge in [-0.05, 0) is 0 Å². The summed E-state index contributed by atoms with van der Waals surface area (Å²) in [5.74, 6) is -3.52. The summed E-state index contributed by atoms with van der Waals surface area (Å²) in [4.78, 5) is 10.8. The van der Waals surface area contributed by atoms with Crippen LogP contribution in [0.15, 0.2) is 15.9 Å². The van der Waals surface area contributed by atoms with Crippen LogP contribution in [0.25, 0.3) is 0 Å². The van der Waals surface area contributed by atoms with E-state index in [-0.39, 0.29) is 6.20 Å². The molecule has 0 fully saturated rings. The van der Waals surface area contributed by atoms with Crippen LogP contribution in [0.2, 0.25) is 0 Å². The first-order valence-corrected chi connectivity index (χ1v) is 5.95. The maximum Gasteiger partial charge on any atom is 0.573 e. The Kier molecular flexibility index (Phi) is 3.39. The average molecular weight is 296 g/mol. The summed E-state index contributed by atoms with van der Waals surface area (Å²) in [6.45, 7) is 0. The molecule has 0 aliphatic heterocycles. The van der Waals surface area contributed by atoms with E-state index in [9.17, 15) is 30.8 Å². The van der Waals surface area contributed by atoms with Crippen molar-refractivity contribution in [2.24, 2.45) is 0 Å². The highest BCUT2D eigenvalue weighted by atomic mass is 35.7. The minimum Gasteiger partial charge on any atom is -0.401 e. The van der Waals surface area contributed by atoms with Crippen molar-refractivity contribution in [2.45, 2.75) is 11.3 Å². The van der Waals surface area contributed by atoms with E-state index in [2.05, 4.69) is 15.4 Å². The molecule has 0 saturated heterocycles. The van der Waals surface area contributed by atoms with Gasteiger partial charge < -0.3 is 9.72 Å².